The molecule has 4 rings (SSSR count). The topological polar surface area (TPSA) is 56.1 Å². The summed E-state index contributed by atoms with van der Waals surface area (Å²) in [5.74, 6) is 0.913. The zero-order chi connectivity index (χ0) is 16.8. The van der Waals surface area contributed by atoms with Crippen molar-refractivity contribution in [3.8, 4) is 11.3 Å². The molecule has 1 unspecified atom stereocenters. The molecule has 0 amide bonds. The summed E-state index contributed by atoms with van der Waals surface area (Å²) < 4.78 is 12.7. The lowest BCUT2D eigenvalue weighted by atomic mass is 10.1. The smallest absolute Gasteiger partial charge is 0.169 e. The number of fused-ring (bicyclic) bond motifs is 1. The van der Waals surface area contributed by atoms with Crippen molar-refractivity contribution in [2.24, 2.45) is 7.05 Å². The zero-order valence-corrected chi connectivity index (χ0v) is 15.4. The van der Waals surface area contributed by atoms with Gasteiger partial charge in [0, 0.05) is 19.2 Å². The van der Waals surface area contributed by atoms with E-state index in [1.807, 2.05) is 17.9 Å². The van der Waals surface area contributed by atoms with Crippen LogP contribution in [0.4, 0.5) is 5.82 Å². The Bertz CT molecular complexity index is 886. The molecule has 0 radical (unpaired) electrons. The van der Waals surface area contributed by atoms with Gasteiger partial charge in [0.2, 0.25) is 0 Å². The molecule has 6 nitrogen and oxygen atoms in total. The summed E-state index contributed by atoms with van der Waals surface area (Å²) in [5.41, 5.74) is 4.03. The van der Waals surface area contributed by atoms with Gasteiger partial charge >= 0.3 is 0 Å². The van der Waals surface area contributed by atoms with Crippen molar-refractivity contribution >= 4 is 39.2 Å². The number of hydrogen-bond donors (Lipinski definition) is 0. The summed E-state index contributed by atoms with van der Waals surface area (Å²) in [6, 6.07) is 2.40. The van der Waals surface area contributed by atoms with Crippen molar-refractivity contribution in [3.05, 3.63) is 23.0 Å². The van der Waals surface area contributed by atoms with Crippen LogP contribution >= 0.6 is 23.1 Å². The molecule has 0 bridgehead atoms. The number of anilines is 1. The predicted molar refractivity (Wildman–Crippen MR) is 97.0 cm³/mol. The lowest BCUT2D eigenvalue weighted by Gasteiger charge is -2.34. The summed E-state index contributed by atoms with van der Waals surface area (Å²) in [6.07, 6.45) is 1.88. The lowest BCUT2D eigenvalue weighted by molar-refractivity contribution is 0.0986. The molecule has 0 N–H and O–H groups in total. The molecule has 8 heteroatoms. The Morgan fingerprint density at radius 3 is 2.96 bits per heavy atom. The van der Waals surface area contributed by atoms with Gasteiger partial charge in [0.15, 0.2) is 5.15 Å². The molecule has 1 atom stereocenters. The van der Waals surface area contributed by atoms with Crippen molar-refractivity contribution < 1.29 is 4.74 Å². The number of ether oxygens (including phenoxy) is 1. The number of rotatable bonds is 2. The summed E-state index contributed by atoms with van der Waals surface area (Å²) in [6.45, 7) is 6.44. The van der Waals surface area contributed by atoms with Crippen LogP contribution in [0.2, 0.25) is 5.15 Å². The fourth-order valence-corrected chi connectivity index (χ4v) is 4.24. The average Bonchev–Trinajstić information content (AvgIpc) is 3.10. The molecule has 1 saturated heterocycles. The predicted octanol–water partition coefficient (Wildman–Crippen LogP) is 3.28. The highest BCUT2D eigenvalue weighted by atomic mass is 35.5. The number of halogens is 1. The van der Waals surface area contributed by atoms with Crippen LogP contribution in [0, 0.1) is 6.92 Å². The summed E-state index contributed by atoms with van der Waals surface area (Å²) >= 11 is 7.69. The van der Waals surface area contributed by atoms with Crippen LogP contribution in [0.3, 0.4) is 0 Å². The fraction of sp³-hybridized carbons (Fsp3) is 0.438. The molecule has 0 spiro atoms. The summed E-state index contributed by atoms with van der Waals surface area (Å²) in [5, 5.41) is 4.83. The van der Waals surface area contributed by atoms with Crippen LogP contribution in [0.5, 0.6) is 0 Å². The first-order valence-corrected chi connectivity index (χ1v) is 9.00. The minimum atomic E-state index is 0.273. The number of morpholine rings is 1. The largest absolute Gasteiger partial charge is 0.377 e. The van der Waals surface area contributed by atoms with Gasteiger partial charge in [-0.3, -0.25) is 4.68 Å². The molecule has 3 aromatic heterocycles. The molecular weight excluding hydrogens is 346 g/mol. The van der Waals surface area contributed by atoms with E-state index in [9.17, 15) is 0 Å². The Hall–Kier alpha value is -1.70. The van der Waals surface area contributed by atoms with Gasteiger partial charge in [0.05, 0.1) is 35.8 Å². The first kappa shape index (κ1) is 15.8. The number of aryl methyl sites for hydroxylation is 2. The first-order valence-electron chi connectivity index (χ1n) is 7.85. The van der Waals surface area contributed by atoms with E-state index in [1.54, 1.807) is 0 Å². The maximum Gasteiger partial charge on any atom is 0.169 e. The second-order valence-corrected chi connectivity index (χ2v) is 7.23. The quantitative estimate of drug-likeness (QED) is 0.699. The second kappa shape index (κ2) is 5.98. The monoisotopic (exact) mass is 363 g/mol. The van der Waals surface area contributed by atoms with Crippen LogP contribution in [-0.4, -0.2) is 44.9 Å². The Balaban J connectivity index is 1.95. The van der Waals surface area contributed by atoms with E-state index in [4.69, 9.17) is 21.3 Å². The Morgan fingerprint density at radius 1 is 1.42 bits per heavy atom. The van der Waals surface area contributed by atoms with E-state index in [2.05, 4.69) is 34.3 Å². The molecular formula is C16H18ClN5OS. The van der Waals surface area contributed by atoms with Crippen LogP contribution in [0.15, 0.2) is 12.3 Å². The van der Waals surface area contributed by atoms with Gasteiger partial charge in [-0.2, -0.15) is 9.47 Å². The molecule has 126 valence electrons. The van der Waals surface area contributed by atoms with Gasteiger partial charge in [-0.15, -0.1) is 0 Å². The van der Waals surface area contributed by atoms with Gasteiger partial charge < -0.3 is 9.64 Å². The number of hydrogen-bond acceptors (Lipinski definition) is 6. The number of pyridine rings is 1. The molecule has 1 aliphatic heterocycles. The standard InChI is InChI=1S/C16H18ClN5OS/c1-9-7-18-21(3)14(9)11-6-12(22-4-5-23-8-10(22)2)19-13-15(11)24-20-16(13)17/h6-7,10H,4-5,8H2,1-3H3. The van der Waals surface area contributed by atoms with E-state index in [0.29, 0.717) is 18.4 Å². The molecule has 0 aliphatic carbocycles. The molecule has 1 fully saturated rings. The molecule has 24 heavy (non-hydrogen) atoms. The molecule has 1 aliphatic rings. The van der Waals surface area contributed by atoms with Gasteiger partial charge in [-0.1, -0.05) is 11.6 Å². The van der Waals surface area contributed by atoms with Gasteiger partial charge in [-0.05, 0) is 37.0 Å². The number of aromatic nitrogens is 4. The maximum absolute atomic E-state index is 6.30. The Kier molecular flexibility index (Phi) is 3.94. The van der Waals surface area contributed by atoms with Crippen LogP contribution < -0.4 is 4.90 Å². The van der Waals surface area contributed by atoms with Crippen LogP contribution in [0.25, 0.3) is 21.5 Å². The summed E-state index contributed by atoms with van der Waals surface area (Å²) in [7, 11) is 1.95. The summed E-state index contributed by atoms with van der Waals surface area (Å²) in [4.78, 5) is 7.07. The van der Waals surface area contributed by atoms with Gasteiger partial charge in [-0.25, -0.2) is 4.98 Å². The lowest BCUT2D eigenvalue weighted by Crippen LogP contribution is -2.44. The third-order valence-electron chi connectivity index (χ3n) is 4.41. The third-order valence-corrected chi connectivity index (χ3v) is 5.64. The average molecular weight is 364 g/mol. The Morgan fingerprint density at radius 2 is 2.25 bits per heavy atom. The number of nitrogens with zero attached hydrogens (tertiary/aromatic N) is 5. The highest BCUT2D eigenvalue weighted by Gasteiger charge is 2.24. The van der Waals surface area contributed by atoms with Crippen LogP contribution in [0.1, 0.15) is 12.5 Å². The van der Waals surface area contributed by atoms with Crippen molar-refractivity contribution in [2.75, 3.05) is 24.7 Å². The minimum absolute atomic E-state index is 0.273. The van der Waals surface area contributed by atoms with E-state index in [0.717, 1.165) is 39.4 Å². The molecule has 0 saturated carbocycles. The third kappa shape index (κ3) is 2.47. The van der Waals surface area contributed by atoms with Crippen LogP contribution in [-0.2, 0) is 11.8 Å². The van der Waals surface area contributed by atoms with E-state index < -0.39 is 0 Å². The maximum atomic E-state index is 6.30. The van der Waals surface area contributed by atoms with Crippen molar-refractivity contribution in [1.29, 1.82) is 0 Å². The zero-order valence-electron chi connectivity index (χ0n) is 13.8. The highest BCUT2D eigenvalue weighted by molar-refractivity contribution is 7.14. The van der Waals surface area contributed by atoms with Gasteiger partial charge in [0.25, 0.3) is 0 Å². The van der Waals surface area contributed by atoms with Crippen molar-refractivity contribution in [1.82, 2.24) is 19.1 Å². The molecule has 0 aromatic carbocycles. The van der Waals surface area contributed by atoms with Gasteiger partial charge in [0.1, 0.15) is 11.3 Å². The molecule has 3 aromatic rings. The molecule has 4 heterocycles. The van der Waals surface area contributed by atoms with E-state index >= 15 is 0 Å². The second-order valence-electron chi connectivity index (χ2n) is 6.10. The fourth-order valence-electron chi connectivity index (χ4n) is 3.21. The highest BCUT2D eigenvalue weighted by Crippen LogP contribution is 2.38. The van der Waals surface area contributed by atoms with Crippen molar-refractivity contribution in [2.45, 2.75) is 19.9 Å². The first-order chi connectivity index (χ1) is 11.6. The van der Waals surface area contributed by atoms with E-state index in [-0.39, 0.29) is 6.04 Å². The van der Waals surface area contributed by atoms with Crippen molar-refractivity contribution in [3.63, 3.8) is 0 Å². The Labute approximate surface area is 149 Å². The van der Waals surface area contributed by atoms with E-state index in [1.165, 1.54) is 11.5 Å². The minimum Gasteiger partial charge on any atom is -0.377 e. The normalized spacial score (nSPS) is 18.5. The SMILES string of the molecule is Cc1cnn(C)c1-c1cc(N2CCOCC2C)nc2c(Cl)nsc12.